The van der Waals surface area contributed by atoms with E-state index in [9.17, 15) is 27.9 Å². The molecule has 2 amide bonds. The number of fused-ring (bicyclic) bond motifs is 3. The molecule has 2 N–H and O–H groups in total. The van der Waals surface area contributed by atoms with Gasteiger partial charge in [0.15, 0.2) is 11.4 Å². The Hall–Kier alpha value is -4.18. The Morgan fingerprint density at radius 3 is 2.36 bits per heavy atom. The molecular weight excluding hydrogens is 522 g/mol. The number of aromatic hydroxyl groups is 1. The first-order valence-electron chi connectivity index (χ1n) is 12.3. The largest absolute Gasteiger partial charge is 0.507 e. The highest BCUT2D eigenvalue weighted by molar-refractivity contribution is 7.86. The molecule has 39 heavy (non-hydrogen) atoms. The van der Waals surface area contributed by atoms with Gasteiger partial charge in [-0.1, -0.05) is 42.8 Å². The second kappa shape index (κ2) is 7.69. The summed E-state index contributed by atoms with van der Waals surface area (Å²) in [5.74, 6) is -2.65. The van der Waals surface area contributed by atoms with E-state index in [4.69, 9.17) is 8.92 Å². The first-order chi connectivity index (χ1) is 18.2. The van der Waals surface area contributed by atoms with Crippen LogP contribution in [0.3, 0.4) is 0 Å². The van der Waals surface area contributed by atoms with E-state index in [-0.39, 0.29) is 33.9 Å². The highest BCUT2D eigenvalue weighted by Crippen LogP contribution is 2.62. The van der Waals surface area contributed by atoms with Crippen molar-refractivity contribution in [1.29, 1.82) is 0 Å². The van der Waals surface area contributed by atoms with Gasteiger partial charge < -0.3 is 14.0 Å². The smallest absolute Gasteiger partial charge is 0.339 e. The number of ketones is 1. The summed E-state index contributed by atoms with van der Waals surface area (Å²) in [7, 11) is -4.37. The fourth-order valence-electron chi connectivity index (χ4n) is 6.15. The third-order valence-electron chi connectivity index (χ3n) is 8.44. The topological polar surface area (TPSA) is 136 Å². The fraction of sp³-hybridized carbons (Fsp3) is 0.276. The number of carbonyl (C=O) groups is 3. The molecule has 0 radical (unpaired) electrons. The molecule has 0 aromatic heterocycles. The minimum Gasteiger partial charge on any atom is -0.507 e. The van der Waals surface area contributed by atoms with Crippen LogP contribution in [0.5, 0.6) is 11.5 Å². The molecule has 4 aliphatic rings. The summed E-state index contributed by atoms with van der Waals surface area (Å²) in [6, 6.07) is 8.91. The van der Waals surface area contributed by atoms with Gasteiger partial charge in [-0.2, -0.15) is 8.42 Å². The summed E-state index contributed by atoms with van der Waals surface area (Å²) in [4.78, 5) is 38.9. The molecule has 2 atom stereocenters. The molecule has 10 heteroatoms. The average Bonchev–Trinajstić information content (AvgIpc) is 3.17. The van der Waals surface area contributed by atoms with Gasteiger partial charge in [0.25, 0.3) is 11.8 Å². The summed E-state index contributed by atoms with van der Waals surface area (Å²) in [6.45, 7) is 7.14. The number of carbonyl (C=O) groups excluding carboxylic acids is 3. The second-order valence-electron chi connectivity index (χ2n) is 11.0. The van der Waals surface area contributed by atoms with Crippen LogP contribution in [0.25, 0.3) is 0 Å². The maximum absolute atomic E-state index is 13.7. The SMILES string of the molecule is CC1=CC=C2C(C)(C)C(=O)C(OS(=O)(=O)c3ccccc3)=CC23Oc2c(cc(O)c4c2C(=O)NC4=O)CC13C. The van der Waals surface area contributed by atoms with E-state index in [1.807, 2.05) is 19.9 Å². The zero-order valence-electron chi connectivity index (χ0n) is 21.6. The Morgan fingerprint density at radius 1 is 1.00 bits per heavy atom. The number of benzene rings is 2. The molecule has 2 aliphatic heterocycles. The molecule has 0 fully saturated rings. The van der Waals surface area contributed by atoms with Crippen molar-refractivity contribution in [2.45, 2.75) is 44.6 Å². The quantitative estimate of drug-likeness (QED) is 0.438. The van der Waals surface area contributed by atoms with E-state index < -0.39 is 49.9 Å². The van der Waals surface area contributed by atoms with Crippen LogP contribution in [0.2, 0.25) is 0 Å². The van der Waals surface area contributed by atoms with Crippen molar-refractivity contribution in [3.05, 3.63) is 88.2 Å². The Bertz CT molecular complexity index is 1730. The van der Waals surface area contributed by atoms with Gasteiger partial charge in [-0.15, -0.1) is 0 Å². The average molecular weight is 548 g/mol. The van der Waals surface area contributed by atoms with Crippen LogP contribution in [-0.4, -0.2) is 36.7 Å². The zero-order valence-corrected chi connectivity index (χ0v) is 22.4. The molecule has 2 unspecified atom stereocenters. The van der Waals surface area contributed by atoms with Crippen molar-refractivity contribution in [1.82, 2.24) is 5.32 Å². The molecular formula is C29H25NO8S. The molecule has 2 aromatic rings. The molecule has 0 bridgehead atoms. The lowest BCUT2D eigenvalue weighted by Crippen LogP contribution is -2.62. The van der Waals surface area contributed by atoms with E-state index in [2.05, 4.69) is 5.32 Å². The van der Waals surface area contributed by atoms with Crippen LogP contribution in [0, 0.1) is 10.8 Å². The van der Waals surface area contributed by atoms with Gasteiger partial charge in [0, 0.05) is 11.5 Å². The van der Waals surface area contributed by atoms with E-state index in [1.165, 1.54) is 24.3 Å². The molecule has 2 heterocycles. The summed E-state index contributed by atoms with van der Waals surface area (Å²) >= 11 is 0. The van der Waals surface area contributed by atoms with Gasteiger partial charge >= 0.3 is 10.1 Å². The summed E-state index contributed by atoms with van der Waals surface area (Å²) in [5.41, 5.74) is -1.96. The number of ether oxygens (including phenoxy) is 1. The van der Waals surface area contributed by atoms with Crippen molar-refractivity contribution in [2.24, 2.45) is 10.8 Å². The third kappa shape index (κ3) is 3.18. The number of hydrogen-bond acceptors (Lipinski definition) is 8. The van der Waals surface area contributed by atoms with Crippen molar-refractivity contribution >= 4 is 27.7 Å². The highest BCUT2D eigenvalue weighted by Gasteiger charge is 2.64. The second-order valence-corrected chi connectivity index (χ2v) is 12.6. The van der Waals surface area contributed by atoms with Gasteiger partial charge in [0.2, 0.25) is 5.78 Å². The van der Waals surface area contributed by atoms with Crippen LogP contribution >= 0.6 is 0 Å². The predicted molar refractivity (Wildman–Crippen MR) is 138 cm³/mol. The molecule has 6 rings (SSSR count). The van der Waals surface area contributed by atoms with Gasteiger partial charge in [-0.3, -0.25) is 19.7 Å². The normalized spacial score (nSPS) is 26.6. The Kier molecular flexibility index (Phi) is 4.95. The van der Waals surface area contributed by atoms with Crippen LogP contribution in [-0.2, 0) is 25.5 Å². The molecule has 1 spiro atoms. The lowest BCUT2D eigenvalue weighted by atomic mass is 9.52. The molecule has 0 saturated carbocycles. The van der Waals surface area contributed by atoms with Gasteiger partial charge in [-0.05, 0) is 56.5 Å². The van der Waals surface area contributed by atoms with E-state index in [0.717, 1.165) is 5.57 Å². The number of nitrogens with one attached hydrogen (secondary N) is 1. The van der Waals surface area contributed by atoms with Crippen LogP contribution in [0.15, 0.2) is 76.4 Å². The van der Waals surface area contributed by atoms with Gasteiger partial charge in [-0.25, -0.2) is 0 Å². The molecule has 2 aromatic carbocycles. The number of phenols is 1. The van der Waals surface area contributed by atoms with Crippen LogP contribution in [0.1, 0.15) is 54.0 Å². The predicted octanol–water partition coefficient (Wildman–Crippen LogP) is 3.74. The van der Waals surface area contributed by atoms with Gasteiger partial charge in [0.05, 0.1) is 16.5 Å². The Labute approximate surface area is 224 Å². The number of rotatable bonds is 3. The number of phenolic OH excluding ortho intramolecular Hbond substituents is 1. The molecule has 200 valence electrons. The maximum Gasteiger partial charge on any atom is 0.339 e. The lowest BCUT2D eigenvalue weighted by Gasteiger charge is -2.57. The van der Waals surface area contributed by atoms with Gasteiger partial charge in [0.1, 0.15) is 16.4 Å². The summed E-state index contributed by atoms with van der Waals surface area (Å²) in [5, 5.41) is 12.8. The van der Waals surface area contributed by atoms with E-state index in [0.29, 0.717) is 11.1 Å². The fourth-order valence-corrected chi connectivity index (χ4v) is 7.10. The first kappa shape index (κ1) is 25.1. The minimum absolute atomic E-state index is 0.0934. The monoisotopic (exact) mass is 547 g/mol. The highest BCUT2D eigenvalue weighted by atomic mass is 32.2. The third-order valence-corrected chi connectivity index (χ3v) is 9.69. The molecule has 0 saturated heterocycles. The number of amides is 2. The van der Waals surface area contributed by atoms with Crippen molar-refractivity contribution in [2.75, 3.05) is 0 Å². The standard InChI is InChI=1S/C29H25NO8S/c1-15-10-11-20-27(2,3)24(32)19(38-39(35,36)17-8-6-5-7-9-17)14-29(20)28(15,4)13-16-12-18(31)21-22(23(16)37-29)26(34)30-25(21)33/h5-12,14,31H,13H2,1-4H3,(H,30,33,34). The molecule has 2 aliphatic carbocycles. The Balaban J connectivity index is 1.61. The summed E-state index contributed by atoms with van der Waals surface area (Å²) in [6.07, 6.45) is 5.32. The Morgan fingerprint density at radius 2 is 1.67 bits per heavy atom. The van der Waals surface area contributed by atoms with Crippen molar-refractivity contribution in [3.8, 4) is 11.5 Å². The van der Waals surface area contributed by atoms with Crippen LogP contribution < -0.4 is 10.1 Å². The number of imide groups is 1. The van der Waals surface area contributed by atoms with E-state index >= 15 is 0 Å². The van der Waals surface area contributed by atoms with Crippen molar-refractivity contribution < 1.29 is 36.8 Å². The lowest BCUT2D eigenvalue weighted by molar-refractivity contribution is -0.127. The van der Waals surface area contributed by atoms with Crippen LogP contribution in [0.4, 0.5) is 0 Å². The first-order valence-corrected chi connectivity index (χ1v) is 13.7. The van der Waals surface area contributed by atoms with Crippen molar-refractivity contribution in [3.63, 3.8) is 0 Å². The number of hydrogen-bond donors (Lipinski definition) is 2. The number of Topliss-reactive ketones (excluding diaryl/α,β-unsaturated/α-hetero) is 1. The zero-order chi connectivity index (χ0) is 28.1. The minimum atomic E-state index is -4.37. The molecule has 9 nitrogen and oxygen atoms in total. The maximum atomic E-state index is 13.7. The van der Waals surface area contributed by atoms with E-state index in [1.54, 1.807) is 38.1 Å². The number of allylic oxidation sites excluding steroid dienone is 3. The summed E-state index contributed by atoms with van der Waals surface area (Å²) < 4.78 is 38.6.